The van der Waals surface area contributed by atoms with E-state index >= 15 is 0 Å². The monoisotopic (exact) mass is 310 g/mol. The summed E-state index contributed by atoms with van der Waals surface area (Å²) in [5.41, 5.74) is 3.90. The zero-order valence-electron chi connectivity index (χ0n) is 13.8. The van der Waals surface area contributed by atoms with Crippen molar-refractivity contribution in [3.63, 3.8) is 0 Å². The van der Waals surface area contributed by atoms with E-state index in [-0.39, 0.29) is 11.6 Å². The Kier molecular flexibility index (Phi) is 4.30. The van der Waals surface area contributed by atoms with Gasteiger partial charge in [0.05, 0.1) is 11.2 Å². The number of aromatic amines is 1. The van der Waals surface area contributed by atoms with E-state index in [4.69, 9.17) is 0 Å². The molecule has 3 rings (SSSR count). The predicted octanol–water partition coefficient (Wildman–Crippen LogP) is 2.29. The Balaban J connectivity index is 1.74. The largest absolute Gasteiger partial charge is 0.311 e. The minimum atomic E-state index is 0.0546. The van der Waals surface area contributed by atoms with E-state index in [0.29, 0.717) is 6.54 Å². The lowest BCUT2D eigenvalue weighted by Gasteiger charge is -2.14. The second kappa shape index (κ2) is 6.38. The maximum Gasteiger partial charge on any atom is 0.255 e. The highest BCUT2D eigenvalue weighted by molar-refractivity contribution is 5.79. The average Bonchev–Trinajstić information content (AvgIpc) is 2.94. The van der Waals surface area contributed by atoms with Crippen LogP contribution in [0.25, 0.3) is 10.9 Å². The van der Waals surface area contributed by atoms with E-state index in [2.05, 4.69) is 22.4 Å². The highest BCUT2D eigenvalue weighted by atomic mass is 16.1. The molecule has 0 amide bonds. The van der Waals surface area contributed by atoms with E-state index in [1.807, 2.05) is 50.4 Å². The van der Waals surface area contributed by atoms with Gasteiger partial charge in [-0.3, -0.25) is 9.89 Å². The lowest BCUT2D eigenvalue weighted by molar-refractivity contribution is 0.537. The fourth-order valence-corrected chi connectivity index (χ4v) is 2.87. The van der Waals surface area contributed by atoms with E-state index in [1.165, 1.54) is 0 Å². The molecule has 0 spiro atoms. The molecule has 23 heavy (non-hydrogen) atoms. The molecule has 1 atom stereocenters. The van der Waals surface area contributed by atoms with Crippen molar-refractivity contribution in [2.45, 2.75) is 32.9 Å². The first kappa shape index (κ1) is 15.5. The highest BCUT2D eigenvalue weighted by Crippen LogP contribution is 2.12. The first-order chi connectivity index (χ1) is 11.0. The molecule has 0 aliphatic heterocycles. The van der Waals surface area contributed by atoms with Gasteiger partial charge in [0.1, 0.15) is 0 Å². The van der Waals surface area contributed by atoms with Crippen LogP contribution in [0, 0.1) is 6.92 Å². The lowest BCUT2D eigenvalue weighted by atomic mass is 10.1. The van der Waals surface area contributed by atoms with E-state index in [9.17, 15) is 4.79 Å². The highest BCUT2D eigenvalue weighted by Gasteiger charge is 2.09. The van der Waals surface area contributed by atoms with Crippen molar-refractivity contribution in [1.82, 2.24) is 20.1 Å². The molecule has 0 fully saturated rings. The smallest absolute Gasteiger partial charge is 0.255 e. The van der Waals surface area contributed by atoms with Crippen molar-refractivity contribution in [3.8, 4) is 0 Å². The van der Waals surface area contributed by atoms with Gasteiger partial charge in [-0.05, 0) is 37.4 Å². The third-order valence-corrected chi connectivity index (χ3v) is 4.12. The number of H-pyrrole nitrogens is 1. The van der Waals surface area contributed by atoms with Crippen molar-refractivity contribution < 1.29 is 0 Å². The molecule has 3 aromatic rings. The second-order valence-electron chi connectivity index (χ2n) is 6.12. The summed E-state index contributed by atoms with van der Waals surface area (Å²) < 4.78 is 1.72. The molecule has 0 saturated heterocycles. The van der Waals surface area contributed by atoms with Crippen LogP contribution in [0.1, 0.15) is 23.9 Å². The third kappa shape index (κ3) is 3.35. The normalized spacial score (nSPS) is 12.7. The number of hydrogen-bond donors (Lipinski definition) is 2. The van der Waals surface area contributed by atoms with Crippen LogP contribution in [0.2, 0.25) is 0 Å². The summed E-state index contributed by atoms with van der Waals surface area (Å²) in [6.45, 7) is 4.66. The Hall–Kier alpha value is -2.40. The predicted molar refractivity (Wildman–Crippen MR) is 92.5 cm³/mol. The van der Waals surface area contributed by atoms with Crippen LogP contribution >= 0.6 is 0 Å². The summed E-state index contributed by atoms with van der Waals surface area (Å²) in [6, 6.07) is 12.2. The number of pyridine rings is 1. The average molecular weight is 310 g/mol. The number of benzene rings is 1. The summed E-state index contributed by atoms with van der Waals surface area (Å²) in [5.74, 6) is 0. The van der Waals surface area contributed by atoms with Gasteiger partial charge in [-0.2, -0.15) is 5.10 Å². The molecule has 5 heteroatoms. The number of rotatable bonds is 5. The molecule has 2 N–H and O–H groups in total. The van der Waals surface area contributed by atoms with Gasteiger partial charge in [-0.25, -0.2) is 0 Å². The van der Waals surface area contributed by atoms with Crippen LogP contribution in [-0.4, -0.2) is 20.8 Å². The van der Waals surface area contributed by atoms with Gasteiger partial charge in [-0.15, -0.1) is 0 Å². The number of para-hydroxylation sites is 1. The van der Waals surface area contributed by atoms with Crippen LogP contribution in [-0.2, 0) is 20.0 Å². The molecule has 0 radical (unpaired) electrons. The van der Waals surface area contributed by atoms with E-state index in [0.717, 1.165) is 34.3 Å². The van der Waals surface area contributed by atoms with Gasteiger partial charge in [0.25, 0.3) is 5.56 Å². The maximum absolute atomic E-state index is 12.5. The number of aryl methyl sites for hydroxylation is 2. The Labute approximate surface area is 135 Å². The van der Waals surface area contributed by atoms with E-state index in [1.54, 1.807) is 4.57 Å². The first-order valence-electron chi connectivity index (χ1n) is 7.86. The number of nitrogens with one attached hydrogen (secondary N) is 2. The van der Waals surface area contributed by atoms with Gasteiger partial charge in [0, 0.05) is 37.3 Å². The molecule has 0 saturated carbocycles. The number of nitrogens with zero attached hydrogens (tertiary/aromatic N) is 2. The minimum Gasteiger partial charge on any atom is -0.311 e. The van der Waals surface area contributed by atoms with Crippen LogP contribution < -0.4 is 10.9 Å². The van der Waals surface area contributed by atoms with Crippen LogP contribution in [0.15, 0.2) is 41.2 Å². The fourth-order valence-electron chi connectivity index (χ4n) is 2.87. The van der Waals surface area contributed by atoms with Crippen molar-refractivity contribution in [1.29, 1.82) is 0 Å². The third-order valence-electron chi connectivity index (χ3n) is 4.12. The molecule has 1 aromatic carbocycles. The zero-order valence-corrected chi connectivity index (χ0v) is 13.8. The molecule has 0 aliphatic carbocycles. The topological polar surface area (TPSA) is 62.7 Å². The summed E-state index contributed by atoms with van der Waals surface area (Å²) in [6.07, 6.45) is 0.832. The summed E-state index contributed by atoms with van der Waals surface area (Å²) in [5, 5.41) is 11.7. The molecule has 0 aliphatic rings. The van der Waals surface area contributed by atoms with Crippen molar-refractivity contribution >= 4 is 10.9 Å². The van der Waals surface area contributed by atoms with Crippen LogP contribution in [0.5, 0.6) is 0 Å². The number of fused-ring (bicyclic) bond motifs is 1. The van der Waals surface area contributed by atoms with E-state index < -0.39 is 0 Å². The standard InChI is InChI=1S/C18H22N4O/c1-12(8-16-9-13(2)20-21-16)19-11-15-10-14-6-4-5-7-17(14)22(3)18(15)23/h4-7,9-10,12,19H,8,11H2,1-3H3,(H,20,21). The molecule has 0 bridgehead atoms. The minimum absolute atomic E-state index is 0.0546. The Morgan fingerprint density at radius 2 is 2.09 bits per heavy atom. The molecular formula is C18H22N4O. The SMILES string of the molecule is Cc1cc(CC(C)NCc2cc3ccccc3n(C)c2=O)n[nH]1. The molecular weight excluding hydrogens is 288 g/mol. The van der Waals surface area contributed by atoms with Crippen molar-refractivity contribution in [2.24, 2.45) is 7.05 Å². The second-order valence-corrected chi connectivity index (χ2v) is 6.12. The van der Waals surface area contributed by atoms with Gasteiger partial charge in [-0.1, -0.05) is 18.2 Å². The van der Waals surface area contributed by atoms with Gasteiger partial charge < -0.3 is 9.88 Å². The Bertz CT molecular complexity index is 878. The molecule has 120 valence electrons. The Morgan fingerprint density at radius 1 is 1.30 bits per heavy atom. The number of hydrogen-bond acceptors (Lipinski definition) is 3. The number of aromatic nitrogens is 3. The quantitative estimate of drug-likeness (QED) is 0.760. The first-order valence-corrected chi connectivity index (χ1v) is 7.86. The fraction of sp³-hybridized carbons (Fsp3) is 0.333. The lowest BCUT2D eigenvalue weighted by Crippen LogP contribution is -2.32. The summed E-state index contributed by atoms with van der Waals surface area (Å²) in [4.78, 5) is 12.5. The zero-order chi connectivity index (χ0) is 16.4. The maximum atomic E-state index is 12.5. The summed E-state index contributed by atoms with van der Waals surface area (Å²) in [7, 11) is 1.82. The summed E-state index contributed by atoms with van der Waals surface area (Å²) >= 11 is 0. The van der Waals surface area contributed by atoms with Crippen LogP contribution in [0.4, 0.5) is 0 Å². The Morgan fingerprint density at radius 3 is 2.83 bits per heavy atom. The molecule has 1 unspecified atom stereocenters. The molecule has 2 heterocycles. The molecule has 5 nitrogen and oxygen atoms in total. The van der Waals surface area contributed by atoms with Gasteiger partial charge in [0.15, 0.2) is 0 Å². The van der Waals surface area contributed by atoms with Gasteiger partial charge in [0.2, 0.25) is 0 Å². The van der Waals surface area contributed by atoms with Crippen LogP contribution in [0.3, 0.4) is 0 Å². The molecule has 2 aromatic heterocycles. The van der Waals surface area contributed by atoms with Gasteiger partial charge >= 0.3 is 0 Å². The van der Waals surface area contributed by atoms with Crippen molar-refractivity contribution in [2.75, 3.05) is 0 Å². The van der Waals surface area contributed by atoms with Crippen molar-refractivity contribution in [3.05, 3.63) is 63.7 Å².